The summed E-state index contributed by atoms with van der Waals surface area (Å²) in [5.74, 6) is 1.00. The van der Waals surface area contributed by atoms with Crippen LogP contribution in [0.2, 0.25) is 0 Å². The molecule has 0 fully saturated rings. The number of aromatic nitrogens is 1. The van der Waals surface area contributed by atoms with Crippen LogP contribution in [-0.4, -0.2) is 65.5 Å². The van der Waals surface area contributed by atoms with Gasteiger partial charge in [0.2, 0.25) is 11.8 Å². The summed E-state index contributed by atoms with van der Waals surface area (Å²) in [4.78, 5) is 38.3. The number of guanidine groups is 1. The first-order valence-electron chi connectivity index (χ1n) is 14.0. The first-order chi connectivity index (χ1) is 20.3. The largest absolute Gasteiger partial charge is 0.467 e. The predicted octanol–water partition coefficient (Wildman–Crippen LogP) is 4.66. The van der Waals surface area contributed by atoms with Crippen molar-refractivity contribution in [1.29, 1.82) is 0 Å². The third-order valence-corrected chi connectivity index (χ3v) is 7.32. The van der Waals surface area contributed by atoms with Crippen LogP contribution in [0.3, 0.4) is 0 Å². The van der Waals surface area contributed by atoms with Gasteiger partial charge in [-0.2, -0.15) is 0 Å². The number of pyridine rings is 1. The van der Waals surface area contributed by atoms with Gasteiger partial charge >= 0.3 is 5.97 Å². The van der Waals surface area contributed by atoms with Gasteiger partial charge in [-0.15, -0.1) is 0 Å². The molecule has 0 aliphatic carbocycles. The molecule has 4 rings (SSSR count). The van der Waals surface area contributed by atoms with Crippen LogP contribution in [0.15, 0.2) is 77.9 Å². The number of benzene rings is 2. The average Bonchev–Trinajstić information content (AvgIpc) is 3.00. The molecule has 2 heterocycles. The molecule has 10 heteroatoms. The lowest BCUT2D eigenvalue weighted by Gasteiger charge is -2.38. The number of hydrogen-bond acceptors (Lipinski definition) is 9. The van der Waals surface area contributed by atoms with Gasteiger partial charge in [0.1, 0.15) is 5.75 Å². The minimum Gasteiger partial charge on any atom is -0.467 e. The molecule has 10 nitrogen and oxygen atoms in total. The van der Waals surface area contributed by atoms with Crippen molar-refractivity contribution in [3.05, 3.63) is 84.1 Å². The summed E-state index contributed by atoms with van der Waals surface area (Å²) in [6.07, 6.45) is 2.39. The third kappa shape index (κ3) is 7.85. The second-order valence-corrected chi connectivity index (χ2v) is 10.6. The Morgan fingerprint density at radius 1 is 1.07 bits per heavy atom. The van der Waals surface area contributed by atoms with Crippen LogP contribution in [0, 0.1) is 5.92 Å². The van der Waals surface area contributed by atoms with Crippen molar-refractivity contribution in [3.63, 3.8) is 0 Å². The Kier molecular flexibility index (Phi) is 10.5. The maximum atomic E-state index is 13.3. The number of nitrogens with two attached hydrogens (primary N) is 1. The third-order valence-electron chi connectivity index (χ3n) is 7.32. The van der Waals surface area contributed by atoms with Crippen LogP contribution in [0.25, 0.3) is 0 Å². The van der Waals surface area contributed by atoms with E-state index < -0.39 is 12.0 Å². The highest BCUT2D eigenvalue weighted by Crippen LogP contribution is 2.32. The fraction of sp³-hybridized carbons (Fsp3) is 0.375. The SMILES string of the molecule is COC(=O)[C@H](COCc1ccccc1)N(C)C(=O)CCC(C(C)C)N1Cc2cc(Oc3ccccc3)ncc2N=C1N. The van der Waals surface area contributed by atoms with E-state index >= 15 is 0 Å². The summed E-state index contributed by atoms with van der Waals surface area (Å²) in [6, 6.07) is 20.1. The van der Waals surface area contributed by atoms with Crippen molar-refractivity contribution in [2.45, 2.75) is 51.9 Å². The van der Waals surface area contributed by atoms with Crippen molar-refractivity contribution in [1.82, 2.24) is 14.8 Å². The maximum absolute atomic E-state index is 13.3. The number of methoxy groups -OCH3 is 1. The van der Waals surface area contributed by atoms with E-state index in [1.165, 1.54) is 12.0 Å². The van der Waals surface area contributed by atoms with Crippen LogP contribution in [0.1, 0.15) is 37.8 Å². The lowest BCUT2D eigenvalue weighted by molar-refractivity contribution is -0.154. The first kappa shape index (κ1) is 30.5. The highest BCUT2D eigenvalue weighted by atomic mass is 16.5. The van der Waals surface area contributed by atoms with E-state index in [1.54, 1.807) is 13.2 Å². The molecule has 2 aromatic carbocycles. The summed E-state index contributed by atoms with van der Waals surface area (Å²) >= 11 is 0. The number of hydrogen-bond donors (Lipinski definition) is 1. The molecule has 0 bridgehead atoms. The number of nitrogens with zero attached hydrogens (tertiary/aromatic N) is 4. The average molecular weight is 574 g/mol. The Balaban J connectivity index is 1.40. The number of rotatable bonds is 13. The number of likely N-dealkylation sites (N-methyl/N-ethyl adjacent to an activating group) is 1. The fourth-order valence-corrected chi connectivity index (χ4v) is 4.91. The monoisotopic (exact) mass is 573 g/mol. The highest BCUT2D eigenvalue weighted by Gasteiger charge is 2.31. The van der Waals surface area contributed by atoms with Gasteiger partial charge in [-0.25, -0.2) is 14.8 Å². The van der Waals surface area contributed by atoms with Crippen molar-refractivity contribution in [2.24, 2.45) is 16.6 Å². The standard InChI is InChI=1S/C32H39N5O5/c1-22(2)27(15-16-30(38)36(3)28(31(39)40-4)21-41-20-23-11-7-5-8-12-23)37-19-24-17-29(34-18-26(24)35-32(37)33)42-25-13-9-6-10-14-25/h5-14,17-18,22,27-28H,15-16,19-21H2,1-4H3,(H2,33,35)/t27?,28-/m0/s1. The van der Waals surface area contributed by atoms with Crippen LogP contribution in [0.5, 0.6) is 11.6 Å². The maximum Gasteiger partial charge on any atom is 0.330 e. The Labute approximate surface area is 247 Å². The van der Waals surface area contributed by atoms with E-state index in [9.17, 15) is 9.59 Å². The second kappa shape index (κ2) is 14.5. The molecule has 0 spiro atoms. The Morgan fingerprint density at radius 3 is 2.43 bits per heavy atom. The predicted molar refractivity (Wildman–Crippen MR) is 160 cm³/mol. The number of esters is 1. The number of amides is 1. The van der Waals surface area contributed by atoms with Crippen molar-refractivity contribution < 1.29 is 23.8 Å². The fourth-order valence-electron chi connectivity index (χ4n) is 4.91. The van der Waals surface area contributed by atoms with Crippen LogP contribution in [0.4, 0.5) is 5.69 Å². The van der Waals surface area contributed by atoms with Crippen LogP contribution >= 0.6 is 0 Å². The zero-order chi connectivity index (χ0) is 30.1. The van der Waals surface area contributed by atoms with Gasteiger partial charge < -0.3 is 29.7 Å². The molecular formula is C32H39N5O5. The molecular weight excluding hydrogens is 534 g/mol. The first-order valence-corrected chi connectivity index (χ1v) is 14.0. The molecule has 42 heavy (non-hydrogen) atoms. The Hall–Kier alpha value is -4.44. The van der Waals surface area contributed by atoms with Gasteiger partial charge in [0.15, 0.2) is 12.0 Å². The topological polar surface area (TPSA) is 120 Å². The number of aliphatic imine (C=N–C) groups is 1. The van der Waals surface area contributed by atoms with E-state index in [0.717, 1.165) is 11.1 Å². The van der Waals surface area contributed by atoms with Crippen LogP contribution < -0.4 is 10.5 Å². The lowest BCUT2D eigenvalue weighted by atomic mass is 9.96. The molecule has 2 atom stereocenters. The Bertz CT molecular complexity index is 1370. The van der Waals surface area contributed by atoms with Gasteiger partial charge in [-0.1, -0.05) is 62.4 Å². The minimum absolute atomic E-state index is 0.0291. The molecule has 0 saturated heterocycles. The minimum atomic E-state index is -0.854. The second-order valence-electron chi connectivity index (χ2n) is 10.6. The van der Waals surface area contributed by atoms with Crippen molar-refractivity contribution in [3.8, 4) is 11.6 Å². The van der Waals surface area contributed by atoms with Crippen LogP contribution in [-0.2, 0) is 32.2 Å². The molecule has 222 valence electrons. The lowest BCUT2D eigenvalue weighted by Crippen LogP contribution is -2.49. The van der Waals surface area contributed by atoms with E-state index in [0.29, 0.717) is 42.8 Å². The smallest absolute Gasteiger partial charge is 0.330 e. The quantitative estimate of drug-likeness (QED) is 0.293. The zero-order valence-electron chi connectivity index (χ0n) is 24.6. The Morgan fingerprint density at radius 2 is 1.76 bits per heavy atom. The van der Waals surface area contributed by atoms with Gasteiger partial charge in [-0.3, -0.25) is 4.79 Å². The molecule has 1 aliphatic rings. The van der Waals surface area contributed by atoms with E-state index in [1.807, 2.05) is 71.6 Å². The number of fused-ring (bicyclic) bond motifs is 1. The van der Waals surface area contributed by atoms with E-state index in [4.69, 9.17) is 19.9 Å². The number of ether oxygens (including phenoxy) is 3. The molecule has 0 radical (unpaired) electrons. The highest BCUT2D eigenvalue weighted by molar-refractivity contribution is 5.85. The molecule has 1 aliphatic heterocycles. The summed E-state index contributed by atoms with van der Waals surface area (Å²) in [5, 5.41) is 0. The van der Waals surface area contributed by atoms with Gasteiger partial charge in [0.25, 0.3) is 0 Å². The zero-order valence-corrected chi connectivity index (χ0v) is 24.6. The van der Waals surface area contributed by atoms with Gasteiger partial charge in [-0.05, 0) is 30.0 Å². The number of para-hydroxylation sites is 1. The summed E-state index contributed by atoms with van der Waals surface area (Å²) in [5.41, 5.74) is 9.02. The molecule has 1 amide bonds. The molecule has 1 unspecified atom stereocenters. The van der Waals surface area contributed by atoms with E-state index in [2.05, 4.69) is 23.8 Å². The summed E-state index contributed by atoms with van der Waals surface area (Å²) in [7, 11) is 2.91. The summed E-state index contributed by atoms with van der Waals surface area (Å²) < 4.78 is 16.7. The van der Waals surface area contributed by atoms with Crippen molar-refractivity contribution >= 4 is 23.5 Å². The van der Waals surface area contributed by atoms with Crippen molar-refractivity contribution in [2.75, 3.05) is 20.8 Å². The molecule has 0 saturated carbocycles. The van der Waals surface area contributed by atoms with E-state index in [-0.39, 0.29) is 30.9 Å². The summed E-state index contributed by atoms with van der Waals surface area (Å²) in [6.45, 7) is 5.04. The molecule has 1 aromatic heterocycles. The molecule has 3 aromatic rings. The van der Waals surface area contributed by atoms with Gasteiger partial charge in [0.05, 0.1) is 32.2 Å². The number of carbonyl (C=O) groups is 2. The molecule has 2 N–H and O–H groups in total. The van der Waals surface area contributed by atoms with Gasteiger partial charge in [0, 0.05) is 37.7 Å². The normalized spacial score (nSPS) is 14.0. The number of carbonyl (C=O) groups excluding carboxylic acids is 2.